The lowest BCUT2D eigenvalue weighted by Gasteiger charge is -2.20. The maximum absolute atomic E-state index is 9.79. The van der Waals surface area contributed by atoms with E-state index in [0.717, 1.165) is 11.0 Å². The van der Waals surface area contributed by atoms with Crippen molar-refractivity contribution in [2.24, 2.45) is 0 Å². The van der Waals surface area contributed by atoms with Crippen LogP contribution in [0.5, 0.6) is 0 Å². The molecular weight excluding hydrogens is 204 g/mol. The Kier molecular flexibility index (Phi) is 1.99. The minimum atomic E-state index is -0.989. The summed E-state index contributed by atoms with van der Waals surface area (Å²) in [6.45, 7) is 0. The molecule has 0 aliphatic heterocycles. The van der Waals surface area contributed by atoms with Gasteiger partial charge in [0.25, 0.3) is 0 Å². The normalized spacial score (nSPS) is 23.4. The summed E-state index contributed by atoms with van der Waals surface area (Å²) in [5.41, 5.74) is 2.57. The molecule has 1 aromatic carbocycles. The number of hydrogen-bond acceptors (Lipinski definition) is 4. The van der Waals surface area contributed by atoms with Crippen molar-refractivity contribution in [3.05, 3.63) is 41.7 Å². The first-order valence-corrected chi connectivity index (χ1v) is 5.07. The Labute approximate surface area is 91.9 Å². The second kappa shape index (κ2) is 3.37. The van der Waals surface area contributed by atoms with Gasteiger partial charge in [0.05, 0.1) is 22.4 Å². The quantitative estimate of drug-likeness (QED) is 0.688. The molecular formula is C12H10N2O2. The Morgan fingerprint density at radius 3 is 2.44 bits per heavy atom. The van der Waals surface area contributed by atoms with E-state index in [1.54, 1.807) is 6.08 Å². The van der Waals surface area contributed by atoms with Crippen LogP contribution in [0.25, 0.3) is 17.1 Å². The molecule has 0 fully saturated rings. The van der Waals surface area contributed by atoms with Crippen LogP contribution >= 0.6 is 0 Å². The molecule has 1 heterocycles. The average Bonchev–Trinajstić information content (AvgIpc) is 2.32. The Bertz CT molecular complexity index is 580. The lowest BCUT2D eigenvalue weighted by Crippen LogP contribution is -2.21. The van der Waals surface area contributed by atoms with Gasteiger partial charge in [-0.1, -0.05) is 18.2 Å². The van der Waals surface area contributed by atoms with Gasteiger partial charge in [-0.3, -0.25) is 0 Å². The van der Waals surface area contributed by atoms with Crippen LogP contribution in [0, 0.1) is 0 Å². The van der Waals surface area contributed by atoms with E-state index < -0.39 is 12.2 Å². The second-order valence-corrected chi connectivity index (χ2v) is 3.78. The van der Waals surface area contributed by atoms with E-state index in [1.807, 2.05) is 24.3 Å². The van der Waals surface area contributed by atoms with Crippen molar-refractivity contribution in [1.29, 1.82) is 0 Å². The number of hydrogen-bond donors (Lipinski definition) is 2. The summed E-state index contributed by atoms with van der Waals surface area (Å²) in [6, 6.07) is 7.46. The van der Waals surface area contributed by atoms with E-state index in [0.29, 0.717) is 11.4 Å². The van der Waals surface area contributed by atoms with E-state index in [-0.39, 0.29) is 0 Å². The summed E-state index contributed by atoms with van der Waals surface area (Å²) in [5, 5.41) is 19.3. The number of rotatable bonds is 0. The fraction of sp³-hybridized carbons (Fsp3) is 0.167. The topological polar surface area (TPSA) is 66.2 Å². The van der Waals surface area contributed by atoms with Gasteiger partial charge in [0.2, 0.25) is 0 Å². The number of fused-ring (bicyclic) bond motifs is 2. The fourth-order valence-corrected chi connectivity index (χ4v) is 1.82. The van der Waals surface area contributed by atoms with Crippen molar-refractivity contribution >= 4 is 17.1 Å². The van der Waals surface area contributed by atoms with Gasteiger partial charge < -0.3 is 10.2 Å². The summed E-state index contributed by atoms with van der Waals surface area (Å²) >= 11 is 0. The summed E-state index contributed by atoms with van der Waals surface area (Å²) in [4.78, 5) is 8.70. The molecule has 0 spiro atoms. The van der Waals surface area contributed by atoms with Gasteiger partial charge in [-0.15, -0.1) is 0 Å². The van der Waals surface area contributed by atoms with Gasteiger partial charge in [0, 0.05) is 0 Å². The first-order valence-electron chi connectivity index (χ1n) is 5.07. The van der Waals surface area contributed by atoms with Crippen molar-refractivity contribution in [3.8, 4) is 0 Å². The Morgan fingerprint density at radius 1 is 1.00 bits per heavy atom. The van der Waals surface area contributed by atoms with Crippen LogP contribution in [-0.4, -0.2) is 26.3 Å². The standard InChI is InChI=1S/C12H10N2O2/c15-10-6-5-9-11(12(10)16)14-8-4-2-1-3-7(8)13-9/h1-6,10,12,15-16H/t10-,12-/m0/s1. The van der Waals surface area contributed by atoms with Gasteiger partial charge in [0.15, 0.2) is 0 Å². The van der Waals surface area contributed by atoms with E-state index in [4.69, 9.17) is 0 Å². The smallest absolute Gasteiger partial charge is 0.128 e. The van der Waals surface area contributed by atoms with Crippen molar-refractivity contribution in [1.82, 2.24) is 9.97 Å². The van der Waals surface area contributed by atoms with Crippen molar-refractivity contribution in [3.63, 3.8) is 0 Å². The van der Waals surface area contributed by atoms with E-state index >= 15 is 0 Å². The highest BCUT2D eigenvalue weighted by molar-refractivity contribution is 5.76. The number of aliphatic hydroxyl groups is 2. The number of aromatic nitrogens is 2. The predicted octanol–water partition coefficient (Wildman–Crippen LogP) is 1.05. The molecule has 4 heteroatoms. The third-order valence-corrected chi connectivity index (χ3v) is 2.68. The molecule has 2 atom stereocenters. The highest BCUT2D eigenvalue weighted by Crippen LogP contribution is 2.26. The van der Waals surface area contributed by atoms with Crippen LogP contribution in [0.1, 0.15) is 17.5 Å². The van der Waals surface area contributed by atoms with Crippen molar-refractivity contribution in [2.45, 2.75) is 12.2 Å². The highest BCUT2D eigenvalue weighted by Gasteiger charge is 2.25. The number of aliphatic hydroxyl groups excluding tert-OH is 2. The second-order valence-electron chi connectivity index (χ2n) is 3.78. The van der Waals surface area contributed by atoms with E-state index in [9.17, 15) is 10.2 Å². The molecule has 0 radical (unpaired) electrons. The number of nitrogens with zero attached hydrogens (tertiary/aromatic N) is 2. The Balaban J connectivity index is 2.29. The summed E-state index contributed by atoms with van der Waals surface area (Å²) in [5.74, 6) is 0. The lowest BCUT2D eigenvalue weighted by atomic mass is 10.0. The zero-order valence-electron chi connectivity index (χ0n) is 8.41. The van der Waals surface area contributed by atoms with Crippen LogP contribution in [-0.2, 0) is 0 Å². The van der Waals surface area contributed by atoms with Gasteiger partial charge in [-0.05, 0) is 18.2 Å². The predicted molar refractivity (Wildman–Crippen MR) is 59.5 cm³/mol. The van der Waals surface area contributed by atoms with E-state index in [2.05, 4.69) is 9.97 Å². The maximum atomic E-state index is 9.79. The third kappa shape index (κ3) is 1.31. The molecule has 0 saturated carbocycles. The molecule has 16 heavy (non-hydrogen) atoms. The third-order valence-electron chi connectivity index (χ3n) is 2.68. The minimum Gasteiger partial charge on any atom is -0.386 e. The molecule has 0 unspecified atom stereocenters. The Hall–Kier alpha value is -1.78. The molecule has 0 amide bonds. The van der Waals surface area contributed by atoms with Crippen molar-refractivity contribution in [2.75, 3.05) is 0 Å². The molecule has 4 nitrogen and oxygen atoms in total. The van der Waals surface area contributed by atoms with Gasteiger partial charge in [-0.25, -0.2) is 9.97 Å². The molecule has 1 aliphatic rings. The van der Waals surface area contributed by atoms with Crippen LogP contribution in [0.2, 0.25) is 0 Å². The average molecular weight is 214 g/mol. The largest absolute Gasteiger partial charge is 0.386 e. The number of para-hydroxylation sites is 2. The van der Waals surface area contributed by atoms with Gasteiger partial charge >= 0.3 is 0 Å². The molecule has 2 aromatic rings. The molecule has 0 bridgehead atoms. The summed E-state index contributed by atoms with van der Waals surface area (Å²) < 4.78 is 0. The molecule has 1 aliphatic carbocycles. The zero-order valence-corrected chi connectivity index (χ0v) is 8.41. The molecule has 2 N–H and O–H groups in total. The lowest BCUT2D eigenvalue weighted by molar-refractivity contribution is 0.0439. The van der Waals surface area contributed by atoms with Gasteiger partial charge in [0.1, 0.15) is 12.2 Å². The highest BCUT2D eigenvalue weighted by atomic mass is 16.3. The minimum absolute atomic E-state index is 0.439. The number of benzene rings is 1. The maximum Gasteiger partial charge on any atom is 0.128 e. The van der Waals surface area contributed by atoms with Crippen LogP contribution < -0.4 is 0 Å². The fourth-order valence-electron chi connectivity index (χ4n) is 1.82. The molecule has 1 aromatic heterocycles. The van der Waals surface area contributed by atoms with Crippen LogP contribution in [0.15, 0.2) is 30.3 Å². The van der Waals surface area contributed by atoms with Gasteiger partial charge in [-0.2, -0.15) is 0 Å². The van der Waals surface area contributed by atoms with E-state index in [1.165, 1.54) is 6.08 Å². The monoisotopic (exact) mass is 214 g/mol. The summed E-state index contributed by atoms with van der Waals surface area (Å²) in [7, 11) is 0. The van der Waals surface area contributed by atoms with Crippen LogP contribution in [0.4, 0.5) is 0 Å². The SMILES string of the molecule is O[C@@H]1c2nc3ccccc3nc2C=C[C@@H]1O. The van der Waals surface area contributed by atoms with Crippen molar-refractivity contribution < 1.29 is 10.2 Å². The molecule has 3 rings (SSSR count). The first kappa shape index (κ1) is 9.45. The van der Waals surface area contributed by atoms with Crippen LogP contribution in [0.3, 0.4) is 0 Å². The Morgan fingerprint density at radius 2 is 1.69 bits per heavy atom. The zero-order chi connectivity index (χ0) is 11.1. The molecule has 0 saturated heterocycles. The first-order chi connectivity index (χ1) is 7.75. The molecule has 80 valence electrons. The summed E-state index contributed by atoms with van der Waals surface area (Å²) in [6.07, 6.45) is 1.32.